The third-order valence-electron chi connectivity index (χ3n) is 3.97. The number of esters is 1. The molecule has 0 radical (unpaired) electrons. The molecule has 3 rings (SSSR count). The highest BCUT2D eigenvalue weighted by molar-refractivity contribution is 5.92. The van der Waals surface area contributed by atoms with Crippen LogP contribution in [0.3, 0.4) is 0 Å². The second-order valence-corrected chi connectivity index (χ2v) is 5.77. The summed E-state index contributed by atoms with van der Waals surface area (Å²) in [5, 5.41) is 2.87. The highest BCUT2D eigenvalue weighted by Gasteiger charge is 2.22. The molecule has 0 bridgehead atoms. The summed E-state index contributed by atoms with van der Waals surface area (Å²) in [6.45, 7) is 1.26. The fourth-order valence-electron chi connectivity index (χ4n) is 2.61. The quantitative estimate of drug-likeness (QED) is 0.688. The molecule has 0 aliphatic carbocycles. The highest BCUT2D eigenvalue weighted by Crippen LogP contribution is 2.20. The SMILES string of the molecule is Cc1occc1C(=O)OCC(=O)N[C@@H](c1ccccc1)c1nccn1C. The molecule has 0 aliphatic rings. The molecule has 2 aromatic heterocycles. The number of amides is 1. The van der Waals surface area contributed by atoms with Crippen LogP contribution in [-0.4, -0.2) is 28.0 Å². The van der Waals surface area contributed by atoms with Crippen LogP contribution < -0.4 is 5.32 Å². The number of benzene rings is 1. The Morgan fingerprint density at radius 1 is 1.27 bits per heavy atom. The molecule has 1 amide bonds. The first kappa shape index (κ1) is 17.5. The lowest BCUT2D eigenvalue weighted by Crippen LogP contribution is -2.34. The number of rotatable bonds is 6. The molecule has 134 valence electrons. The van der Waals surface area contributed by atoms with Crippen molar-refractivity contribution >= 4 is 11.9 Å². The van der Waals surface area contributed by atoms with E-state index in [2.05, 4.69) is 10.3 Å². The highest BCUT2D eigenvalue weighted by atomic mass is 16.5. The van der Waals surface area contributed by atoms with Gasteiger partial charge in [0.2, 0.25) is 0 Å². The lowest BCUT2D eigenvalue weighted by atomic mass is 10.1. The first-order valence-electron chi connectivity index (χ1n) is 8.09. The summed E-state index contributed by atoms with van der Waals surface area (Å²) in [4.78, 5) is 28.7. The van der Waals surface area contributed by atoms with Crippen molar-refractivity contribution in [2.45, 2.75) is 13.0 Å². The molecular weight excluding hydrogens is 334 g/mol. The summed E-state index contributed by atoms with van der Waals surface area (Å²) in [5.41, 5.74) is 1.19. The van der Waals surface area contributed by atoms with Crippen LogP contribution in [-0.2, 0) is 16.6 Å². The third-order valence-corrected chi connectivity index (χ3v) is 3.97. The lowest BCUT2D eigenvalue weighted by Gasteiger charge is -2.19. The largest absolute Gasteiger partial charge is 0.469 e. The molecule has 0 fully saturated rings. The predicted molar refractivity (Wildman–Crippen MR) is 93.4 cm³/mol. The molecule has 7 nitrogen and oxygen atoms in total. The molecule has 26 heavy (non-hydrogen) atoms. The van der Waals surface area contributed by atoms with Gasteiger partial charge in [-0.1, -0.05) is 30.3 Å². The molecule has 1 N–H and O–H groups in total. The minimum Gasteiger partial charge on any atom is -0.469 e. The van der Waals surface area contributed by atoms with Gasteiger partial charge in [0.1, 0.15) is 23.2 Å². The molecule has 0 unspecified atom stereocenters. The Kier molecular flexibility index (Phi) is 5.17. The van der Waals surface area contributed by atoms with Gasteiger partial charge in [-0.15, -0.1) is 0 Å². The van der Waals surface area contributed by atoms with Crippen molar-refractivity contribution in [1.82, 2.24) is 14.9 Å². The van der Waals surface area contributed by atoms with E-state index in [1.165, 1.54) is 12.3 Å². The van der Waals surface area contributed by atoms with Crippen molar-refractivity contribution in [1.29, 1.82) is 0 Å². The number of nitrogens with one attached hydrogen (secondary N) is 1. The van der Waals surface area contributed by atoms with Gasteiger partial charge >= 0.3 is 5.97 Å². The van der Waals surface area contributed by atoms with Gasteiger partial charge in [0, 0.05) is 19.4 Å². The first-order chi connectivity index (χ1) is 12.6. The number of hydrogen-bond acceptors (Lipinski definition) is 5. The van der Waals surface area contributed by atoms with E-state index in [0.717, 1.165) is 5.56 Å². The van der Waals surface area contributed by atoms with Gasteiger partial charge < -0.3 is 19.0 Å². The van der Waals surface area contributed by atoms with E-state index < -0.39 is 24.5 Å². The fraction of sp³-hybridized carbons (Fsp3) is 0.211. The summed E-state index contributed by atoms with van der Waals surface area (Å²) in [7, 11) is 1.85. The number of furan rings is 1. The lowest BCUT2D eigenvalue weighted by molar-refractivity contribution is -0.124. The molecule has 0 aliphatic heterocycles. The van der Waals surface area contributed by atoms with E-state index in [9.17, 15) is 9.59 Å². The van der Waals surface area contributed by atoms with Crippen molar-refractivity contribution < 1.29 is 18.7 Å². The van der Waals surface area contributed by atoms with Crippen LogP contribution in [0.25, 0.3) is 0 Å². The van der Waals surface area contributed by atoms with Crippen LogP contribution in [0.4, 0.5) is 0 Å². The van der Waals surface area contributed by atoms with Gasteiger partial charge in [-0.2, -0.15) is 0 Å². The second-order valence-electron chi connectivity index (χ2n) is 5.77. The van der Waals surface area contributed by atoms with E-state index in [1.807, 2.05) is 41.9 Å². The maximum Gasteiger partial charge on any atom is 0.342 e. The maximum absolute atomic E-state index is 12.3. The standard InChI is InChI=1S/C19H19N3O4/c1-13-15(8-11-25-13)19(24)26-12-16(23)21-17(14-6-4-3-5-7-14)18-20-9-10-22(18)2/h3-11,17H,12H2,1-2H3,(H,21,23)/t17-/m0/s1. The summed E-state index contributed by atoms with van der Waals surface area (Å²) >= 11 is 0. The topological polar surface area (TPSA) is 86.4 Å². The number of carbonyl (C=O) groups is 2. The number of nitrogens with zero attached hydrogens (tertiary/aromatic N) is 2. The first-order valence-corrected chi connectivity index (χ1v) is 8.09. The van der Waals surface area contributed by atoms with Crippen molar-refractivity contribution in [3.8, 4) is 0 Å². The Morgan fingerprint density at radius 3 is 2.65 bits per heavy atom. The minimum atomic E-state index is -0.598. The number of carbonyl (C=O) groups excluding carboxylic acids is 2. The van der Waals surface area contributed by atoms with Crippen molar-refractivity contribution in [2.24, 2.45) is 7.05 Å². The van der Waals surface area contributed by atoms with E-state index in [4.69, 9.17) is 9.15 Å². The van der Waals surface area contributed by atoms with Gasteiger partial charge in [0.15, 0.2) is 6.61 Å². The molecule has 1 aromatic carbocycles. The zero-order valence-corrected chi connectivity index (χ0v) is 14.5. The fourth-order valence-corrected chi connectivity index (χ4v) is 2.61. The summed E-state index contributed by atoms with van der Waals surface area (Å²) < 4.78 is 12.0. The smallest absolute Gasteiger partial charge is 0.342 e. The average molecular weight is 353 g/mol. The zero-order valence-electron chi connectivity index (χ0n) is 14.5. The number of aromatic nitrogens is 2. The van der Waals surface area contributed by atoms with Gasteiger partial charge in [-0.3, -0.25) is 4.79 Å². The molecule has 1 atom stereocenters. The Balaban J connectivity index is 1.69. The van der Waals surface area contributed by atoms with Crippen molar-refractivity contribution in [3.05, 3.63) is 77.8 Å². The minimum absolute atomic E-state index is 0.307. The summed E-state index contributed by atoms with van der Waals surface area (Å²) in [6, 6.07) is 10.5. The molecule has 3 aromatic rings. The van der Waals surface area contributed by atoms with Crippen LogP contribution in [0.5, 0.6) is 0 Å². The van der Waals surface area contributed by atoms with E-state index in [-0.39, 0.29) is 0 Å². The zero-order chi connectivity index (χ0) is 18.5. The number of hydrogen-bond donors (Lipinski definition) is 1. The van der Waals surface area contributed by atoms with E-state index >= 15 is 0 Å². The number of aryl methyl sites for hydroxylation is 2. The van der Waals surface area contributed by atoms with Crippen LogP contribution in [0.1, 0.15) is 33.5 Å². The van der Waals surface area contributed by atoms with Gasteiger partial charge in [0.25, 0.3) is 5.91 Å². The van der Waals surface area contributed by atoms with Crippen LogP contribution in [0, 0.1) is 6.92 Å². The summed E-state index contributed by atoms with van der Waals surface area (Å²) in [6.07, 6.45) is 4.87. The van der Waals surface area contributed by atoms with E-state index in [0.29, 0.717) is 17.1 Å². The molecule has 0 saturated heterocycles. The molecule has 7 heteroatoms. The third kappa shape index (κ3) is 3.83. The number of ether oxygens (including phenoxy) is 1. The Hall–Kier alpha value is -3.35. The normalized spacial score (nSPS) is 11.8. The average Bonchev–Trinajstić information content (AvgIpc) is 3.26. The molecular formula is C19H19N3O4. The van der Waals surface area contributed by atoms with Crippen LogP contribution >= 0.6 is 0 Å². The molecule has 2 heterocycles. The Labute approximate surface area is 150 Å². The van der Waals surface area contributed by atoms with Crippen molar-refractivity contribution in [2.75, 3.05) is 6.61 Å². The van der Waals surface area contributed by atoms with E-state index in [1.54, 1.807) is 19.3 Å². The monoisotopic (exact) mass is 353 g/mol. The summed E-state index contributed by atoms with van der Waals surface area (Å²) in [5.74, 6) is 0.114. The molecule has 0 saturated carbocycles. The van der Waals surface area contributed by atoms with Gasteiger partial charge in [-0.05, 0) is 18.6 Å². The van der Waals surface area contributed by atoms with Crippen LogP contribution in [0.15, 0.2) is 59.5 Å². The molecule has 0 spiro atoms. The number of imidazole rings is 1. The van der Waals surface area contributed by atoms with Gasteiger partial charge in [-0.25, -0.2) is 9.78 Å². The van der Waals surface area contributed by atoms with Crippen molar-refractivity contribution in [3.63, 3.8) is 0 Å². The second kappa shape index (κ2) is 7.69. The Morgan fingerprint density at radius 2 is 2.04 bits per heavy atom. The van der Waals surface area contributed by atoms with Crippen LogP contribution in [0.2, 0.25) is 0 Å². The predicted octanol–water partition coefficient (Wildman–Crippen LogP) is 2.38. The maximum atomic E-state index is 12.3. The van der Waals surface area contributed by atoms with Gasteiger partial charge in [0.05, 0.1) is 6.26 Å². The Bertz CT molecular complexity index is 898.